The van der Waals surface area contributed by atoms with Crippen molar-refractivity contribution in [3.8, 4) is 28.1 Å². The lowest BCUT2D eigenvalue weighted by molar-refractivity contribution is -0.116. The molecular weight excluding hydrogens is 378 g/mol. The molecular formula is C24H21N3O3. The van der Waals surface area contributed by atoms with E-state index in [-0.39, 0.29) is 5.91 Å². The summed E-state index contributed by atoms with van der Waals surface area (Å²) in [5.74, 6) is 0.943. The number of carbonyl (C=O) groups is 1. The van der Waals surface area contributed by atoms with Gasteiger partial charge in [-0.2, -0.15) is 0 Å². The molecule has 2 aromatic heterocycles. The fraction of sp³-hybridized carbons (Fsp3) is 0.125. The van der Waals surface area contributed by atoms with Gasteiger partial charge in [-0.15, -0.1) is 0 Å². The van der Waals surface area contributed by atoms with Crippen LogP contribution in [0.3, 0.4) is 0 Å². The zero-order valence-corrected chi connectivity index (χ0v) is 16.5. The van der Waals surface area contributed by atoms with Gasteiger partial charge >= 0.3 is 0 Å². The maximum atomic E-state index is 12.6. The number of rotatable bonds is 7. The predicted octanol–water partition coefficient (Wildman–Crippen LogP) is 4.98. The fourth-order valence-electron chi connectivity index (χ4n) is 3.20. The van der Waals surface area contributed by atoms with Crippen LogP contribution in [0.4, 0.5) is 5.88 Å². The quantitative estimate of drug-likeness (QED) is 0.474. The predicted molar refractivity (Wildman–Crippen MR) is 115 cm³/mol. The first-order valence-electron chi connectivity index (χ1n) is 9.63. The van der Waals surface area contributed by atoms with Crippen molar-refractivity contribution in [1.29, 1.82) is 0 Å². The van der Waals surface area contributed by atoms with E-state index in [0.29, 0.717) is 24.4 Å². The van der Waals surface area contributed by atoms with E-state index in [2.05, 4.69) is 15.5 Å². The molecule has 2 heterocycles. The number of nitrogens with zero attached hydrogens (tertiary/aromatic N) is 2. The van der Waals surface area contributed by atoms with E-state index in [4.69, 9.17) is 9.26 Å². The summed E-state index contributed by atoms with van der Waals surface area (Å²) in [7, 11) is 1.62. The average Bonchev–Trinajstić information content (AvgIpc) is 3.22. The van der Waals surface area contributed by atoms with E-state index in [1.807, 2.05) is 66.7 Å². The van der Waals surface area contributed by atoms with E-state index in [1.54, 1.807) is 19.5 Å². The van der Waals surface area contributed by atoms with Crippen molar-refractivity contribution in [2.75, 3.05) is 12.4 Å². The second-order valence-corrected chi connectivity index (χ2v) is 6.73. The van der Waals surface area contributed by atoms with E-state index in [1.165, 1.54) is 0 Å². The summed E-state index contributed by atoms with van der Waals surface area (Å²) in [5, 5.41) is 7.12. The number of benzene rings is 2. The molecule has 0 saturated heterocycles. The number of aryl methyl sites for hydroxylation is 1. The molecule has 0 bridgehead atoms. The van der Waals surface area contributed by atoms with Gasteiger partial charge in [0.15, 0.2) is 0 Å². The van der Waals surface area contributed by atoms with Gasteiger partial charge in [-0.1, -0.05) is 35.5 Å². The maximum Gasteiger partial charge on any atom is 0.239 e. The van der Waals surface area contributed by atoms with Crippen LogP contribution in [-0.4, -0.2) is 23.2 Å². The third kappa shape index (κ3) is 4.38. The number of amides is 1. The average molecular weight is 399 g/mol. The van der Waals surface area contributed by atoms with Crippen LogP contribution in [0.25, 0.3) is 22.4 Å². The molecule has 0 aliphatic heterocycles. The smallest absolute Gasteiger partial charge is 0.239 e. The monoisotopic (exact) mass is 399 g/mol. The van der Waals surface area contributed by atoms with E-state index in [9.17, 15) is 4.79 Å². The molecule has 0 unspecified atom stereocenters. The highest BCUT2D eigenvalue weighted by Gasteiger charge is 2.21. The van der Waals surface area contributed by atoms with Crippen LogP contribution in [0.1, 0.15) is 12.0 Å². The largest absolute Gasteiger partial charge is 0.497 e. The molecule has 1 N–H and O–H groups in total. The van der Waals surface area contributed by atoms with Crippen LogP contribution in [0, 0.1) is 0 Å². The van der Waals surface area contributed by atoms with Crippen LogP contribution >= 0.6 is 0 Å². The molecule has 0 aliphatic rings. The van der Waals surface area contributed by atoms with E-state index in [0.717, 1.165) is 28.0 Å². The topological polar surface area (TPSA) is 77.3 Å². The van der Waals surface area contributed by atoms with Gasteiger partial charge in [-0.25, -0.2) is 0 Å². The van der Waals surface area contributed by atoms with Crippen molar-refractivity contribution in [2.24, 2.45) is 0 Å². The van der Waals surface area contributed by atoms with Crippen LogP contribution < -0.4 is 10.1 Å². The first kappa shape index (κ1) is 19.4. The van der Waals surface area contributed by atoms with Gasteiger partial charge in [-0.3, -0.25) is 15.1 Å². The summed E-state index contributed by atoms with van der Waals surface area (Å²) >= 11 is 0. The number of nitrogens with one attached hydrogen (secondary N) is 1. The molecule has 0 aliphatic carbocycles. The molecule has 30 heavy (non-hydrogen) atoms. The second kappa shape index (κ2) is 9.05. The van der Waals surface area contributed by atoms with Gasteiger partial charge in [0.2, 0.25) is 11.8 Å². The molecule has 0 spiro atoms. The van der Waals surface area contributed by atoms with Crippen molar-refractivity contribution in [3.05, 3.63) is 84.7 Å². The number of hydrogen-bond donors (Lipinski definition) is 1. The minimum absolute atomic E-state index is 0.133. The summed E-state index contributed by atoms with van der Waals surface area (Å²) in [5.41, 5.74) is 4.18. The third-order valence-corrected chi connectivity index (χ3v) is 4.76. The highest BCUT2D eigenvalue weighted by atomic mass is 16.5. The van der Waals surface area contributed by atoms with Crippen LogP contribution in [-0.2, 0) is 11.2 Å². The Morgan fingerprint density at radius 2 is 1.70 bits per heavy atom. The van der Waals surface area contributed by atoms with Crippen molar-refractivity contribution in [2.45, 2.75) is 12.8 Å². The Bertz CT molecular complexity index is 1110. The normalized spacial score (nSPS) is 10.6. The lowest BCUT2D eigenvalue weighted by atomic mass is 10.0. The van der Waals surface area contributed by atoms with Gasteiger partial charge < -0.3 is 9.26 Å². The van der Waals surface area contributed by atoms with Crippen LogP contribution in [0.5, 0.6) is 5.75 Å². The van der Waals surface area contributed by atoms with Gasteiger partial charge in [0.25, 0.3) is 0 Å². The summed E-state index contributed by atoms with van der Waals surface area (Å²) < 4.78 is 10.8. The Morgan fingerprint density at radius 3 is 2.40 bits per heavy atom. The van der Waals surface area contributed by atoms with Crippen LogP contribution in [0.15, 0.2) is 83.6 Å². The van der Waals surface area contributed by atoms with Gasteiger partial charge in [0, 0.05) is 24.4 Å². The SMILES string of the molecule is COc1ccc(-c2noc(NC(=O)CCc3ccccc3)c2-c2ccncc2)cc1. The Hall–Kier alpha value is -3.93. The zero-order chi connectivity index (χ0) is 20.8. The molecule has 0 saturated carbocycles. The zero-order valence-electron chi connectivity index (χ0n) is 16.5. The Balaban J connectivity index is 1.61. The number of aromatic nitrogens is 2. The highest BCUT2D eigenvalue weighted by Crippen LogP contribution is 2.38. The summed E-state index contributed by atoms with van der Waals surface area (Å²) in [4.78, 5) is 16.6. The summed E-state index contributed by atoms with van der Waals surface area (Å²) in [6, 6.07) is 21.1. The number of hydrogen-bond acceptors (Lipinski definition) is 5. The molecule has 4 aromatic rings. The van der Waals surface area contributed by atoms with Crippen molar-refractivity contribution >= 4 is 11.8 Å². The molecule has 6 heteroatoms. The van der Waals surface area contributed by atoms with E-state index >= 15 is 0 Å². The minimum atomic E-state index is -0.133. The molecule has 4 rings (SSSR count). The number of carbonyl (C=O) groups excluding carboxylic acids is 1. The molecule has 2 aromatic carbocycles. The Morgan fingerprint density at radius 1 is 0.967 bits per heavy atom. The Kier molecular flexibility index (Phi) is 5.85. The maximum absolute atomic E-state index is 12.6. The number of pyridine rings is 1. The third-order valence-electron chi connectivity index (χ3n) is 4.76. The van der Waals surface area contributed by atoms with Gasteiger partial charge in [0.05, 0.1) is 12.7 Å². The first-order chi connectivity index (χ1) is 14.7. The molecule has 0 radical (unpaired) electrons. The minimum Gasteiger partial charge on any atom is -0.497 e. The molecule has 150 valence electrons. The number of methoxy groups -OCH3 is 1. The summed E-state index contributed by atoms with van der Waals surface area (Å²) in [6.45, 7) is 0. The van der Waals surface area contributed by atoms with Crippen LogP contribution in [0.2, 0.25) is 0 Å². The standard InChI is InChI=1S/C24H21N3O3/c1-29-20-10-8-19(9-11-20)23-22(18-13-15-25-16-14-18)24(30-27-23)26-21(28)12-7-17-5-3-2-4-6-17/h2-6,8-11,13-16H,7,12H2,1H3,(H,26,28). The lowest BCUT2D eigenvalue weighted by Gasteiger charge is -2.07. The Labute approximate surface area is 174 Å². The van der Waals surface area contributed by atoms with Crippen molar-refractivity contribution in [1.82, 2.24) is 10.1 Å². The second-order valence-electron chi connectivity index (χ2n) is 6.73. The molecule has 1 amide bonds. The van der Waals surface area contributed by atoms with Crippen molar-refractivity contribution in [3.63, 3.8) is 0 Å². The molecule has 0 fully saturated rings. The molecule has 6 nitrogen and oxygen atoms in total. The van der Waals surface area contributed by atoms with Crippen molar-refractivity contribution < 1.29 is 14.1 Å². The summed E-state index contributed by atoms with van der Waals surface area (Å²) in [6.07, 6.45) is 4.39. The first-order valence-corrected chi connectivity index (χ1v) is 9.63. The lowest BCUT2D eigenvalue weighted by Crippen LogP contribution is -2.12. The van der Waals surface area contributed by atoms with E-state index < -0.39 is 0 Å². The molecule has 0 atom stereocenters. The number of anilines is 1. The van der Waals surface area contributed by atoms with Gasteiger partial charge in [0.1, 0.15) is 11.4 Å². The van der Waals surface area contributed by atoms with Gasteiger partial charge in [-0.05, 0) is 53.9 Å². The number of ether oxygens (including phenoxy) is 1. The fourth-order valence-corrected chi connectivity index (χ4v) is 3.20. The highest BCUT2D eigenvalue weighted by molar-refractivity contribution is 5.97.